The third-order valence-electron chi connectivity index (χ3n) is 6.72. The Morgan fingerprint density at radius 2 is 1.70 bits per heavy atom. The van der Waals surface area contributed by atoms with Crippen LogP contribution in [0.15, 0.2) is 67.1 Å². The second-order valence-corrected chi connectivity index (χ2v) is 8.92. The molecule has 2 aromatic heterocycles. The van der Waals surface area contributed by atoms with Gasteiger partial charge in [0.2, 0.25) is 0 Å². The summed E-state index contributed by atoms with van der Waals surface area (Å²) < 4.78 is 5.62. The first-order valence-electron chi connectivity index (χ1n) is 11.7. The van der Waals surface area contributed by atoms with E-state index in [2.05, 4.69) is 45.2 Å². The first-order chi connectivity index (χ1) is 16.3. The molecule has 6 rings (SSSR count). The Morgan fingerprint density at radius 1 is 0.879 bits per heavy atom. The van der Waals surface area contributed by atoms with E-state index >= 15 is 0 Å². The molecule has 2 aliphatic rings. The third kappa shape index (κ3) is 4.26. The van der Waals surface area contributed by atoms with Crippen LogP contribution in [0.3, 0.4) is 0 Å². The van der Waals surface area contributed by atoms with Crippen LogP contribution in [0.25, 0.3) is 22.5 Å². The molecule has 4 aromatic rings. The number of likely N-dealkylation sites (tertiary alicyclic amines) is 1. The van der Waals surface area contributed by atoms with Crippen molar-refractivity contribution in [3.63, 3.8) is 0 Å². The predicted molar refractivity (Wildman–Crippen MR) is 128 cm³/mol. The minimum atomic E-state index is 0.428. The molecule has 0 atom stereocenters. The van der Waals surface area contributed by atoms with Crippen LogP contribution in [0, 0.1) is 0 Å². The topological polar surface area (TPSA) is 66.9 Å². The molecule has 1 N–H and O–H groups in total. The average molecular weight is 438 g/mol. The number of hydrogen-bond acceptors (Lipinski definition) is 5. The van der Waals surface area contributed by atoms with Gasteiger partial charge >= 0.3 is 0 Å². The molecule has 2 aliphatic heterocycles. The lowest BCUT2D eigenvalue weighted by molar-refractivity contribution is 0.200. The lowest BCUT2D eigenvalue weighted by Crippen LogP contribution is -2.33. The van der Waals surface area contributed by atoms with E-state index in [1.165, 1.54) is 5.56 Å². The van der Waals surface area contributed by atoms with E-state index in [1.807, 2.05) is 36.8 Å². The van der Waals surface area contributed by atoms with E-state index in [4.69, 9.17) is 14.7 Å². The van der Waals surface area contributed by atoms with Crippen LogP contribution in [-0.4, -0.2) is 44.5 Å². The van der Waals surface area contributed by atoms with Gasteiger partial charge in [0.05, 0.1) is 6.61 Å². The highest BCUT2D eigenvalue weighted by Crippen LogP contribution is 2.30. The van der Waals surface area contributed by atoms with Gasteiger partial charge in [0, 0.05) is 54.3 Å². The van der Waals surface area contributed by atoms with E-state index in [9.17, 15) is 0 Å². The minimum absolute atomic E-state index is 0.428. The maximum atomic E-state index is 5.62. The molecule has 1 fully saturated rings. The first kappa shape index (κ1) is 20.1. The molecule has 0 aliphatic carbocycles. The Balaban J connectivity index is 1.06. The molecule has 1 saturated heterocycles. The van der Waals surface area contributed by atoms with Gasteiger partial charge in [0.1, 0.15) is 17.4 Å². The molecular formula is C27H27N5O. The van der Waals surface area contributed by atoms with Gasteiger partial charge in [0.15, 0.2) is 0 Å². The molecule has 0 spiro atoms. The van der Waals surface area contributed by atoms with Crippen LogP contribution in [0.4, 0.5) is 0 Å². The predicted octanol–water partition coefficient (Wildman–Crippen LogP) is 4.85. The molecule has 0 unspecified atom stereocenters. The minimum Gasteiger partial charge on any atom is -0.493 e. The molecular weight excluding hydrogens is 410 g/mol. The van der Waals surface area contributed by atoms with E-state index in [-0.39, 0.29) is 0 Å². The Labute approximate surface area is 193 Å². The standard InChI is InChI=1S/C27H27N5O/c1-2-4-19(5-3-1)23-15-28-26(29-16-23)20-8-11-32(12-9-20)18-24-17-30-27(31-24)22-6-7-25-21(14-22)10-13-33-25/h1-7,14-17,20H,8-13,18H2,(H,30,31). The molecule has 0 saturated carbocycles. The van der Waals surface area contributed by atoms with E-state index in [0.717, 1.165) is 85.3 Å². The van der Waals surface area contributed by atoms with Gasteiger partial charge in [-0.2, -0.15) is 0 Å². The summed E-state index contributed by atoms with van der Waals surface area (Å²) in [5.41, 5.74) is 5.78. The monoisotopic (exact) mass is 437 g/mol. The summed E-state index contributed by atoms with van der Waals surface area (Å²) in [7, 11) is 0. The fourth-order valence-corrected chi connectivity index (χ4v) is 4.84. The molecule has 0 bridgehead atoms. The Hall–Kier alpha value is -3.51. The van der Waals surface area contributed by atoms with Gasteiger partial charge in [-0.05, 0) is 55.3 Å². The Bertz CT molecular complexity index is 1230. The number of nitrogens with one attached hydrogen (secondary N) is 1. The number of nitrogens with zero attached hydrogens (tertiary/aromatic N) is 4. The molecule has 4 heterocycles. The second-order valence-electron chi connectivity index (χ2n) is 8.92. The van der Waals surface area contributed by atoms with Crippen molar-refractivity contribution < 1.29 is 4.74 Å². The molecule has 2 aromatic carbocycles. The van der Waals surface area contributed by atoms with Crippen molar-refractivity contribution in [2.45, 2.75) is 31.7 Å². The maximum absolute atomic E-state index is 5.62. The van der Waals surface area contributed by atoms with Gasteiger partial charge in [0.25, 0.3) is 0 Å². The molecule has 6 heteroatoms. The van der Waals surface area contributed by atoms with Crippen molar-refractivity contribution in [3.05, 3.63) is 84.2 Å². The zero-order valence-corrected chi connectivity index (χ0v) is 18.6. The van der Waals surface area contributed by atoms with Crippen LogP contribution in [0.2, 0.25) is 0 Å². The van der Waals surface area contributed by atoms with Crippen LogP contribution in [0.5, 0.6) is 5.75 Å². The van der Waals surface area contributed by atoms with Gasteiger partial charge < -0.3 is 9.72 Å². The number of piperidine rings is 1. The summed E-state index contributed by atoms with van der Waals surface area (Å²) in [5, 5.41) is 0. The molecule has 0 radical (unpaired) electrons. The van der Waals surface area contributed by atoms with Crippen molar-refractivity contribution in [1.82, 2.24) is 24.8 Å². The molecule has 166 valence electrons. The van der Waals surface area contributed by atoms with Crippen molar-refractivity contribution >= 4 is 0 Å². The summed E-state index contributed by atoms with van der Waals surface area (Å²) in [6.45, 7) is 3.75. The van der Waals surface area contributed by atoms with Crippen LogP contribution in [-0.2, 0) is 13.0 Å². The molecule has 33 heavy (non-hydrogen) atoms. The second kappa shape index (κ2) is 8.79. The van der Waals surface area contributed by atoms with Crippen molar-refractivity contribution in [3.8, 4) is 28.3 Å². The number of fused-ring (bicyclic) bond motifs is 1. The number of aromatic nitrogens is 4. The largest absolute Gasteiger partial charge is 0.493 e. The first-order valence-corrected chi connectivity index (χ1v) is 11.7. The quantitative estimate of drug-likeness (QED) is 0.484. The lowest BCUT2D eigenvalue weighted by Gasteiger charge is -2.30. The zero-order valence-electron chi connectivity index (χ0n) is 18.6. The highest BCUT2D eigenvalue weighted by atomic mass is 16.5. The van der Waals surface area contributed by atoms with Crippen LogP contribution < -0.4 is 4.74 Å². The maximum Gasteiger partial charge on any atom is 0.137 e. The number of aromatic amines is 1. The molecule has 6 nitrogen and oxygen atoms in total. The summed E-state index contributed by atoms with van der Waals surface area (Å²) in [5.74, 6) is 3.34. The molecule has 0 amide bonds. The van der Waals surface area contributed by atoms with E-state index < -0.39 is 0 Å². The number of benzene rings is 2. The number of hydrogen-bond donors (Lipinski definition) is 1. The fourth-order valence-electron chi connectivity index (χ4n) is 4.84. The zero-order chi connectivity index (χ0) is 22.0. The van der Waals surface area contributed by atoms with Crippen molar-refractivity contribution in [1.29, 1.82) is 0 Å². The van der Waals surface area contributed by atoms with E-state index in [0.29, 0.717) is 5.92 Å². The summed E-state index contributed by atoms with van der Waals surface area (Å²) in [6.07, 6.45) is 9.02. The summed E-state index contributed by atoms with van der Waals surface area (Å²) in [4.78, 5) is 20.0. The number of rotatable bonds is 5. The summed E-state index contributed by atoms with van der Waals surface area (Å²) >= 11 is 0. The number of ether oxygens (including phenoxy) is 1. The smallest absolute Gasteiger partial charge is 0.137 e. The lowest BCUT2D eigenvalue weighted by atomic mass is 9.95. The van der Waals surface area contributed by atoms with Crippen LogP contribution in [0.1, 0.15) is 35.8 Å². The Morgan fingerprint density at radius 3 is 2.52 bits per heavy atom. The number of H-pyrrole nitrogens is 1. The number of imidazole rings is 1. The van der Waals surface area contributed by atoms with Crippen LogP contribution >= 0.6 is 0 Å². The van der Waals surface area contributed by atoms with E-state index in [1.54, 1.807) is 0 Å². The van der Waals surface area contributed by atoms with Gasteiger partial charge in [-0.25, -0.2) is 15.0 Å². The highest BCUT2D eigenvalue weighted by Gasteiger charge is 2.23. The van der Waals surface area contributed by atoms with Crippen molar-refractivity contribution in [2.24, 2.45) is 0 Å². The van der Waals surface area contributed by atoms with Gasteiger partial charge in [-0.3, -0.25) is 4.90 Å². The average Bonchev–Trinajstić information content (AvgIpc) is 3.54. The normalized spacial score (nSPS) is 16.5. The third-order valence-corrected chi connectivity index (χ3v) is 6.72. The Kier molecular flexibility index (Phi) is 5.36. The fraction of sp³-hybridized carbons (Fsp3) is 0.296. The van der Waals surface area contributed by atoms with Crippen molar-refractivity contribution in [2.75, 3.05) is 19.7 Å². The highest BCUT2D eigenvalue weighted by molar-refractivity contribution is 5.61. The van der Waals surface area contributed by atoms with Gasteiger partial charge in [-0.15, -0.1) is 0 Å². The SMILES string of the molecule is c1ccc(-c2cnc(C3CCN(Cc4cnc(-c5ccc6c(c5)CCO6)[nH]4)CC3)nc2)cc1. The summed E-state index contributed by atoms with van der Waals surface area (Å²) in [6, 6.07) is 16.6. The van der Waals surface area contributed by atoms with Gasteiger partial charge in [-0.1, -0.05) is 30.3 Å².